The molecule has 2 N–H and O–H groups in total. The number of carboxylic acid groups (broad SMARTS) is 1. The van der Waals surface area contributed by atoms with Gasteiger partial charge in [-0.05, 0) is 32.3 Å². The Morgan fingerprint density at radius 1 is 1.45 bits per heavy atom. The Hall–Kier alpha value is -1.30. The lowest BCUT2D eigenvalue weighted by Crippen LogP contribution is -2.52. The Balaban J connectivity index is 2.05. The molecule has 0 amide bonds. The molecule has 1 unspecified atom stereocenters. The molecule has 1 aliphatic heterocycles. The Morgan fingerprint density at radius 2 is 2.20 bits per heavy atom. The first-order valence-corrected chi connectivity index (χ1v) is 7.00. The number of benzene rings is 1. The highest BCUT2D eigenvalue weighted by molar-refractivity contribution is 6.31. The largest absolute Gasteiger partial charge is 0.478 e. The number of rotatable bonds is 4. The smallest absolute Gasteiger partial charge is 0.337 e. The highest BCUT2D eigenvalue weighted by Crippen LogP contribution is 2.21. The van der Waals surface area contributed by atoms with Crippen LogP contribution in [0, 0.1) is 0 Å². The molecule has 1 fully saturated rings. The molecule has 0 spiro atoms. The van der Waals surface area contributed by atoms with Crippen LogP contribution in [0.3, 0.4) is 0 Å². The second-order valence-electron chi connectivity index (χ2n) is 5.27. The van der Waals surface area contributed by atoms with E-state index in [-0.39, 0.29) is 5.56 Å². The summed E-state index contributed by atoms with van der Waals surface area (Å²) in [6.45, 7) is 3.77. The number of hydrogen-bond donors (Lipinski definition) is 2. The van der Waals surface area contributed by atoms with Gasteiger partial charge in [-0.2, -0.15) is 0 Å². The van der Waals surface area contributed by atoms with Gasteiger partial charge < -0.3 is 15.3 Å². The number of anilines is 1. The second kappa shape index (κ2) is 6.43. The summed E-state index contributed by atoms with van der Waals surface area (Å²) in [6, 6.07) is 5.26. The van der Waals surface area contributed by atoms with E-state index in [1.165, 1.54) is 6.07 Å². The minimum atomic E-state index is -0.968. The van der Waals surface area contributed by atoms with Crippen LogP contribution < -0.4 is 5.32 Å². The van der Waals surface area contributed by atoms with Crippen LogP contribution in [0.1, 0.15) is 10.4 Å². The van der Waals surface area contributed by atoms with Gasteiger partial charge in [0.1, 0.15) is 0 Å². The number of carboxylic acids is 1. The maximum atomic E-state index is 11.2. The Kier molecular flexibility index (Phi) is 4.86. The van der Waals surface area contributed by atoms with Crippen LogP contribution in [0.15, 0.2) is 18.2 Å². The number of piperazine rings is 1. The molecule has 1 aromatic rings. The molecule has 0 bridgehead atoms. The molecular formula is C14H20ClN3O2. The van der Waals surface area contributed by atoms with Crippen molar-refractivity contribution in [2.45, 2.75) is 6.04 Å². The normalized spacial score (nSPS) is 20.9. The van der Waals surface area contributed by atoms with Crippen molar-refractivity contribution in [3.05, 3.63) is 28.8 Å². The summed E-state index contributed by atoms with van der Waals surface area (Å²) in [5.74, 6) is -0.968. The summed E-state index contributed by atoms with van der Waals surface area (Å²) >= 11 is 5.85. The van der Waals surface area contributed by atoms with Crippen LogP contribution in [0.4, 0.5) is 5.69 Å². The molecule has 2 rings (SSSR count). The van der Waals surface area contributed by atoms with Crippen molar-refractivity contribution in [2.24, 2.45) is 0 Å². The van der Waals surface area contributed by atoms with E-state index in [0.717, 1.165) is 19.6 Å². The Labute approximate surface area is 124 Å². The predicted octanol–water partition coefficient (Wildman–Crippen LogP) is 1.70. The lowest BCUT2D eigenvalue weighted by Gasteiger charge is -2.38. The number of aromatic carboxylic acids is 1. The van der Waals surface area contributed by atoms with E-state index in [1.807, 2.05) is 0 Å². The van der Waals surface area contributed by atoms with E-state index < -0.39 is 5.97 Å². The zero-order chi connectivity index (χ0) is 14.7. The Morgan fingerprint density at radius 3 is 2.90 bits per heavy atom. The van der Waals surface area contributed by atoms with Crippen molar-refractivity contribution < 1.29 is 9.90 Å². The minimum absolute atomic E-state index is 0.212. The zero-order valence-electron chi connectivity index (χ0n) is 11.8. The monoisotopic (exact) mass is 297 g/mol. The van der Waals surface area contributed by atoms with Crippen molar-refractivity contribution in [1.29, 1.82) is 0 Å². The van der Waals surface area contributed by atoms with E-state index in [0.29, 0.717) is 23.3 Å². The summed E-state index contributed by atoms with van der Waals surface area (Å²) in [4.78, 5) is 15.8. The Bertz CT molecular complexity index is 495. The van der Waals surface area contributed by atoms with E-state index in [2.05, 4.69) is 29.2 Å². The molecule has 1 aliphatic rings. The standard InChI is InChI=1S/C14H20ClN3O2/c1-17-5-6-18(2)11(9-17)8-16-13-4-3-10(15)7-12(13)14(19)20/h3-4,7,11,16H,5-6,8-9H2,1-2H3,(H,19,20). The highest BCUT2D eigenvalue weighted by atomic mass is 35.5. The van der Waals surface area contributed by atoms with Gasteiger partial charge in [0.2, 0.25) is 0 Å². The molecule has 0 saturated carbocycles. The van der Waals surface area contributed by atoms with Crippen molar-refractivity contribution in [1.82, 2.24) is 9.80 Å². The zero-order valence-corrected chi connectivity index (χ0v) is 12.5. The van der Waals surface area contributed by atoms with Crippen LogP contribution in [-0.4, -0.2) is 67.2 Å². The summed E-state index contributed by atoms with van der Waals surface area (Å²) in [6.07, 6.45) is 0. The third-order valence-corrected chi connectivity index (χ3v) is 3.96. The molecule has 0 aliphatic carbocycles. The fourth-order valence-electron chi connectivity index (χ4n) is 2.40. The first kappa shape index (κ1) is 15.1. The van der Waals surface area contributed by atoms with Gasteiger partial charge in [0, 0.05) is 42.9 Å². The van der Waals surface area contributed by atoms with Crippen LogP contribution in [0.25, 0.3) is 0 Å². The average molecular weight is 298 g/mol. The van der Waals surface area contributed by atoms with Crippen LogP contribution in [-0.2, 0) is 0 Å². The van der Waals surface area contributed by atoms with Gasteiger partial charge in [0.25, 0.3) is 0 Å². The number of likely N-dealkylation sites (N-methyl/N-ethyl adjacent to an activating group) is 2. The maximum Gasteiger partial charge on any atom is 0.337 e. The van der Waals surface area contributed by atoms with Gasteiger partial charge in [0.05, 0.1) is 5.56 Å². The molecular weight excluding hydrogens is 278 g/mol. The molecule has 110 valence electrons. The minimum Gasteiger partial charge on any atom is -0.478 e. The van der Waals surface area contributed by atoms with Crippen molar-refractivity contribution in [3.8, 4) is 0 Å². The van der Waals surface area contributed by atoms with Gasteiger partial charge in [-0.15, -0.1) is 0 Å². The molecule has 0 aromatic heterocycles. The van der Waals surface area contributed by atoms with Gasteiger partial charge >= 0.3 is 5.97 Å². The molecule has 1 saturated heterocycles. The molecule has 1 aromatic carbocycles. The predicted molar refractivity (Wildman–Crippen MR) is 80.8 cm³/mol. The van der Waals surface area contributed by atoms with Gasteiger partial charge in [-0.3, -0.25) is 4.90 Å². The number of nitrogens with zero attached hydrogens (tertiary/aromatic N) is 2. The fourth-order valence-corrected chi connectivity index (χ4v) is 2.57. The topological polar surface area (TPSA) is 55.8 Å². The van der Waals surface area contributed by atoms with Crippen molar-refractivity contribution in [2.75, 3.05) is 45.6 Å². The third-order valence-electron chi connectivity index (χ3n) is 3.72. The van der Waals surface area contributed by atoms with Gasteiger partial charge in [-0.1, -0.05) is 11.6 Å². The number of hydrogen-bond acceptors (Lipinski definition) is 4. The number of nitrogens with one attached hydrogen (secondary N) is 1. The van der Waals surface area contributed by atoms with Crippen LogP contribution in [0.2, 0.25) is 5.02 Å². The van der Waals surface area contributed by atoms with Crippen LogP contribution >= 0.6 is 11.6 Å². The van der Waals surface area contributed by atoms with Crippen LogP contribution in [0.5, 0.6) is 0 Å². The first-order chi connectivity index (χ1) is 9.47. The average Bonchev–Trinajstić information content (AvgIpc) is 2.40. The lowest BCUT2D eigenvalue weighted by molar-refractivity contribution is 0.0697. The summed E-state index contributed by atoms with van der Waals surface area (Å²) in [5.41, 5.74) is 0.827. The van der Waals surface area contributed by atoms with E-state index in [1.54, 1.807) is 12.1 Å². The molecule has 6 heteroatoms. The SMILES string of the molecule is CN1CCN(C)C(CNc2ccc(Cl)cc2C(=O)O)C1. The fraction of sp³-hybridized carbons (Fsp3) is 0.500. The molecule has 0 radical (unpaired) electrons. The van der Waals surface area contributed by atoms with E-state index >= 15 is 0 Å². The molecule has 5 nitrogen and oxygen atoms in total. The summed E-state index contributed by atoms with van der Waals surface area (Å²) < 4.78 is 0. The van der Waals surface area contributed by atoms with Gasteiger partial charge in [-0.25, -0.2) is 4.79 Å². The number of halogens is 1. The maximum absolute atomic E-state index is 11.2. The highest BCUT2D eigenvalue weighted by Gasteiger charge is 2.22. The van der Waals surface area contributed by atoms with Gasteiger partial charge in [0.15, 0.2) is 0 Å². The first-order valence-electron chi connectivity index (χ1n) is 6.63. The van der Waals surface area contributed by atoms with Crippen molar-refractivity contribution >= 4 is 23.3 Å². The summed E-state index contributed by atoms with van der Waals surface area (Å²) in [5, 5.41) is 12.9. The van der Waals surface area contributed by atoms with E-state index in [9.17, 15) is 9.90 Å². The third kappa shape index (κ3) is 3.62. The van der Waals surface area contributed by atoms with Crippen molar-refractivity contribution in [3.63, 3.8) is 0 Å². The molecule has 20 heavy (non-hydrogen) atoms. The number of carbonyl (C=O) groups is 1. The lowest BCUT2D eigenvalue weighted by atomic mass is 10.1. The quantitative estimate of drug-likeness (QED) is 0.886. The second-order valence-corrected chi connectivity index (χ2v) is 5.71. The van der Waals surface area contributed by atoms with E-state index in [4.69, 9.17) is 11.6 Å². The molecule has 1 heterocycles. The summed E-state index contributed by atoms with van der Waals surface area (Å²) in [7, 11) is 4.20. The molecule has 1 atom stereocenters.